The molecule has 0 saturated carbocycles. The summed E-state index contributed by atoms with van der Waals surface area (Å²) in [5.74, 6) is -2.58. The van der Waals surface area contributed by atoms with Gasteiger partial charge in [0.15, 0.2) is 0 Å². The van der Waals surface area contributed by atoms with E-state index in [0.717, 1.165) is 44.4 Å². The molecule has 1 fully saturated rings. The molecule has 1 aromatic carbocycles. The Morgan fingerprint density at radius 2 is 1.95 bits per heavy atom. The van der Waals surface area contributed by atoms with Gasteiger partial charge in [0.05, 0.1) is 6.10 Å². The highest BCUT2D eigenvalue weighted by Crippen LogP contribution is 2.27. The number of rotatable bonds is 5. The van der Waals surface area contributed by atoms with E-state index in [1.807, 2.05) is 0 Å². The largest absolute Gasteiger partial charge is 0.378 e. The molecular formula is C15H20F3NO. The zero-order chi connectivity index (χ0) is 14.5. The van der Waals surface area contributed by atoms with Gasteiger partial charge >= 0.3 is 0 Å². The Labute approximate surface area is 117 Å². The maximum Gasteiger partial charge on any atom is 0.133 e. The van der Waals surface area contributed by atoms with Crippen molar-refractivity contribution in [1.82, 2.24) is 5.32 Å². The van der Waals surface area contributed by atoms with Crippen molar-refractivity contribution in [3.05, 3.63) is 35.1 Å². The molecule has 1 heterocycles. The van der Waals surface area contributed by atoms with Crippen LogP contribution in [0.25, 0.3) is 0 Å². The highest BCUT2D eigenvalue weighted by Gasteiger charge is 2.22. The molecule has 2 nitrogen and oxygen atoms in total. The molecule has 0 spiro atoms. The van der Waals surface area contributed by atoms with Gasteiger partial charge in [0.25, 0.3) is 0 Å². The fourth-order valence-electron chi connectivity index (χ4n) is 2.71. The molecule has 0 radical (unpaired) electrons. The second kappa shape index (κ2) is 7.09. The van der Waals surface area contributed by atoms with Crippen LogP contribution in [0.15, 0.2) is 12.1 Å². The quantitative estimate of drug-likeness (QED) is 0.891. The zero-order valence-corrected chi connectivity index (χ0v) is 11.6. The first-order valence-corrected chi connectivity index (χ1v) is 7.05. The van der Waals surface area contributed by atoms with Crippen LogP contribution in [0.5, 0.6) is 0 Å². The number of halogens is 3. The molecular weight excluding hydrogens is 267 g/mol. The molecule has 1 saturated heterocycles. The van der Waals surface area contributed by atoms with Gasteiger partial charge in [-0.1, -0.05) is 0 Å². The standard InChI is InChI=1S/C15H20F3NO/c1-19-14(6-5-11-4-2-3-7-20-11)15-12(17)8-10(16)9-13(15)18/h8-9,11,14,19H,2-7H2,1H3. The lowest BCUT2D eigenvalue weighted by molar-refractivity contribution is 0.00854. The number of benzene rings is 1. The first-order valence-electron chi connectivity index (χ1n) is 7.05. The molecule has 1 aromatic rings. The Bertz CT molecular complexity index is 424. The second-order valence-corrected chi connectivity index (χ2v) is 5.19. The van der Waals surface area contributed by atoms with Crippen LogP contribution in [-0.4, -0.2) is 19.8 Å². The van der Waals surface area contributed by atoms with Crippen LogP contribution in [-0.2, 0) is 4.74 Å². The van der Waals surface area contributed by atoms with Gasteiger partial charge in [-0.05, 0) is 39.2 Å². The summed E-state index contributed by atoms with van der Waals surface area (Å²) in [4.78, 5) is 0. The fraction of sp³-hybridized carbons (Fsp3) is 0.600. The van der Waals surface area contributed by atoms with E-state index in [1.165, 1.54) is 0 Å². The lowest BCUT2D eigenvalue weighted by atomic mass is 9.96. The van der Waals surface area contributed by atoms with Crippen LogP contribution in [0.3, 0.4) is 0 Å². The average molecular weight is 287 g/mol. The van der Waals surface area contributed by atoms with Crippen molar-refractivity contribution in [3.63, 3.8) is 0 Å². The van der Waals surface area contributed by atoms with Crippen LogP contribution in [0.4, 0.5) is 13.2 Å². The fourth-order valence-corrected chi connectivity index (χ4v) is 2.71. The molecule has 1 N–H and O–H groups in total. The molecule has 2 unspecified atom stereocenters. The predicted octanol–water partition coefficient (Wildman–Crippen LogP) is 3.71. The molecule has 1 aliphatic heterocycles. The van der Waals surface area contributed by atoms with Gasteiger partial charge in [-0.15, -0.1) is 0 Å². The van der Waals surface area contributed by atoms with E-state index >= 15 is 0 Å². The van der Waals surface area contributed by atoms with E-state index in [2.05, 4.69) is 5.32 Å². The van der Waals surface area contributed by atoms with E-state index in [-0.39, 0.29) is 11.7 Å². The van der Waals surface area contributed by atoms with Crippen LogP contribution in [0.1, 0.15) is 43.7 Å². The maximum absolute atomic E-state index is 13.8. The van der Waals surface area contributed by atoms with E-state index in [9.17, 15) is 13.2 Å². The van der Waals surface area contributed by atoms with E-state index < -0.39 is 23.5 Å². The molecule has 5 heteroatoms. The number of hydrogen-bond donors (Lipinski definition) is 1. The topological polar surface area (TPSA) is 21.3 Å². The SMILES string of the molecule is CNC(CCC1CCCCO1)c1c(F)cc(F)cc1F. The van der Waals surface area contributed by atoms with Gasteiger partial charge in [0.1, 0.15) is 17.5 Å². The highest BCUT2D eigenvalue weighted by atomic mass is 19.1. The Hall–Kier alpha value is -1.07. The Kier molecular flexibility index (Phi) is 5.43. The number of nitrogens with one attached hydrogen (secondary N) is 1. The van der Waals surface area contributed by atoms with E-state index in [4.69, 9.17) is 4.74 Å². The molecule has 0 aromatic heterocycles. The third kappa shape index (κ3) is 3.73. The summed E-state index contributed by atoms with van der Waals surface area (Å²) < 4.78 is 46.1. The van der Waals surface area contributed by atoms with Crippen molar-refractivity contribution >= 4 is 0 Å². The van der Waals surface area contributed by atoms with Gasteiger partial charge in [-0.2, -0.15) is 0 Å². The zero-order valence-electron chi connectivity index (χ0n) is 11.6. The summed E-state index contributed by atoms with van der Waals surface area (Å²) in [7, 11) is 1.65. The summed E-state index contributed by atoms with van der Waals surface area (Å²) in [6.07, 6.45) is 4.65. The molecule has 0 amide bonds. The van der Waals surface area contributed by atoms with Crippen molar-refractivity contribution in [2.24, 2.45) is 0 Å². The molecule has 2 rings (SSSR count). The van der Waals surface area contributed by atoms with Crippen LogP contribution in [0, 0.1) is 17.5 Å². The predicted molar refractivity (Wildman–Crippen MR) is 70.9 cm³/mol. The van der Waals surface area contributed by atoms with Gasteiger partial charge in [0.2, 0.25) is 0 Å². The van der Waals surface area contributed by atoms with E-state index in [1.54, 1.807) is 7.05 Å². The summed E-state index contributed by atoms with van der Waals surface area (Å²) in [6.45, 7) is 0.758. The number of ether oxygens (including phenoxy) is 1. The normalized spacial score (nSPS) is 20.9. The third-order valence-corrected chi connectivity index (χ3v) is 3.79. The van der Waals surface area contributed by atoms with Gasteiger partial charge in [-0.25, -0.2) is 13.2 Å². The summed E-state index contributed by atoms with van der Waals surface area (Å²) in [6, 6.07) is 0.973. The summed E-state index contributed by atoms with van der Waals surface area (Å²) >= 11 is 0. The minimum Gasteiger partial charge on any atom is -0.378 e. The van der Waals surface area contributed by atoms with Crippen molar-refractivity contribution in [3.8, 4) is 0 Å². The van der Waals surface area contributed by atoms with Gasteiger partial charge < -0.3 is 10.1 Å². The smallest absolute Gasteiger partial charge is 0.133 e. The monoisotopic (exact) mass is 287 g/mol. The lowest BCUT2D eigenvalue weighted by Crippen LogP contribution is -2.24. The van der Waals surface area contributed by atoms with Crippen molar-refractivity contribution in [2.45, 2.75) is 44.2 Å². The van der Waals surface area contributed by atoms with Crippen molar-refractivity contribution in [1.29, 1.82) is 0 Å². The molecule has 0 bridgehead atoms. The van der Waals surface area contributed by atoms with Crippen LogP contribution in [0.2, 0.25) is 0 Å². The maximum atomic E-state index is 13.8. The summed E-state index contributed by atoms with van der Waals surface area (Å²) in [5, 5.41) is 2.90. The molecule has 0 aliphatic carbocycles. The average Bonchev–Trinajstić information content (AvgIpc) is 2.42. The van der Waals surface area contributed by atoms with Crippen molar-refractivity contribution in [2.75, 3.05) is 13.7 Å². The first kappa shape index (κ1) is 15.3. The Morgan fingerprint density at radius 1 is 1.25 bits per heavy atom. The van der Waals surface area contributed by atoms with Crippen LogP contribution >= 0.6 is 0 Å². The number of hydrogen-bond acceptors (Lipinski definition) is 2. The molecule has 2 atom stereocenters. The van der Waals surface area contributed by atoms with E-state index in [0.29, 0.717) is 6.42 Å². The molecule has 1 aliphatic rings. The first-order chi connectivity index (χ1) is 9.61. The van der Waals surface area contributed by atoms with Crippen LogP contribution < -0.4 is 5.32 Å². The second-order valence-electron chi connectivity index (χ2n) is 5.19. The van der Waals surface area contributed by atoms with Crippen molar-refractivity contribution < 1.29 is 17.9 Å². The molecule has 112 valence electrons. The minimum absolute atomic E-state index is 0.0929. The van der Waals surface area contributed by atoms with Gasteiger partial charge in [-0.3, -0.25) is 0 Å². The van der Waals surface area contributed by atoms with Gasteiger partial charge in [0, 0.05) is 30.3 Å². The lowest BCUT2D eigenvalue weighted by Gasteiger charge is -2.25. The highest BCUT2D eigenvalue weighted by molar-refractivity contribution is 5.24. The third-order valence-electron chi connectivity index (χ3n) is 3.79. The summed E-state index contributed by atoms with van der Waals surface area (Å²) in [5.41, 5.74) is -0.0929. The Balaban J connectivity index is 2.04. The Morgan fingerprint density at radius 3 is 2.50 bits per heavy atom. The minimum atomic E-state index is -0.894. The molecule has 20 heavy (non-hydrogen) atoms.